The molecule has 1 amide bonds. The Morgan fingerprint density at radius 1 is 1.17 bits per heavy atom. The maximum absolute atomic E-state index is 11.7. The molecule has 3 aromatic rings. The van der Waals surface area contributed by atoms with Crippen LogP contribution < -0.4 is 10.1 Å². The minimum Gasteiger partial charge on any atom is -0.474 e. The molecule has 0 spiro atoms. The van der Waals surface area contributed by atoms with Crippen LogP contribution in [0.1, 0.15) is 25.7 Å². The summed E-state index contributed by atoms with van der Waals surface area (Å²) in [6.45, 7) is 0. The second kappa shape index (κ2) is 7.90. The summed E-state index contributed by atoms with van der Waals surface area (Å²) in [5, 5.41) is 16.4. The van der Waals surface area contributed by atoms with Crippen LogP contribution in [0.4, 0.5) is 4.79 Å². The number of ether oxygens (including phenoxy) is 1. The fourth-order valence-corrected chi connectivity index (χ4v) is 4.23. The average Bonchev–Trinajstić information content (AvgIpc) is 3.14. The van der Waals surface area contributed by atoms with Gasteiger partial charge >= 0.3 is 6.09 Å². The Hall–Kier alpha value is -3.21. The molecule has 1 fully saturated rings. The van der Waals surface area contributed by atoms with E-state index in [0.717, 1.165) is 19.1 Å². The molecule has 2 heterocycles. The second-order valence-corrected chi connectivity index (χ2v) is 9.30. The monoisotopic (exact) mass is 431 g/mol. The summed E-state index contributed by atoms with van der Waals surface area (Å²) in [6.07, 6.45) is 5.96. The Morgan fingerprint density at radius 3 is 2.50 bits per heavy atom. The van der Waals surface area contributed by atoms with Gasteiger partial charge in [0.1, 0.15) is 17.8 Å². The van der Waals surface area contributed by atoms with Crippen molar-refractivity contribution in [2.24, 2.45) is 0 Å². The van der Waals surface area contributed by atoms with E-state index in [9.17, 15) is 13.2 Å². The molecule has 0 aliphatic heterocycles. The Kier molecular flexibility index (Phi) is 5.29. The van der Waals surface area contributed by atoms with Crippen LogP contribution >= 0.6 is 0 Å². The van der Waals surface area contributed by atoms with Crippen LogP contribution in [0.15, 0.2) is 41.7 Å². The van der Waals surface area contributed by atoms with Gasteiger partial charge in [0.15, 0.2) is 15.5 Å². The number of rotatable bonds is 5. The number of fused-ring (bicyclic) bond motifs is 1. The minimum absolute atomic E-state index is 0.0505. The van der Waals surface area contributed by atoms with Gasteiger partial charge in [-0.1, -0.05) is 0 Å². The van der Waals surface area contributed by atoms with E-state index < -0.39 is 15.9 Å². The first-order chi connectivity index (χ1) is 14.3. The molecule has 11 heteroatoms. The zero-order chi connectivity index (χ0) is 21.3. The van der Waals surface area contributed by atoms with Gasteiger partial charge in [0.2, 0.25) is 5.88 Å². The zero-order valence-corrected chi connectivity index (χ0v) is 17.0. The summed E-state index contributed by atoms with van der Waals surface area (Å²) in [6, 6.07) is 6.34. The predicted molar refractivity (Wildman–Crippen MR) is 108 cm³/mol. The van der Waals surface area contributed by atoms with Gasteiger partial charge in [-0.15, -0.1) is 0 Å². The highest BCUT2D eigenvalue weighted by atomic mass is 32.2. The Bertz CT molecular complexity index is 1170. The number of carboxylic acid groups (broad SMARTS) is 1. The van der Waals surface area contributed by atoms with Crippen LogP contribution in [0.5, 0.6) is 5.88 Å². The number of sulfone groups is 1. The number of amides is 1. The van der Waals surface area contributed by atoms with Gasteiger partial charge in [0.05, 0.1) is 16.8 Å². The SMILES string of the molecule is CS(=O)(=O)c1ccc(-n2ncc3c(OC4CCC(NC(=O)O)CC4)ncnc32)cc1. The lowest BCUT2D eigenvalue weighted by atomic mass is 9.93. The normalized spacial score (nSPS) is 19.5. The smallest absolute Gasteiger partial charge is 0.404 e. The molecule has 30 heavy (non-hydrogen) atoms. The number of nitrogens with one attached hydrogen (secondary N) is 1. The fourth-order valence-electron chi connectivity index (χ4n) is 3.60. The van der Waals surface area contributed by atoms with Crippen molar-refractivity contribution in [1.29, 1.82) is 0 Å². The van der Waals surface area contributed by atoms with Gasteiger partial charge < -0.3 is 15.2 Å². The van der Waals surface area contributed by atoms with Crippen LogP contribution in [0.3, 0.4) is 0 Å². The molecule has 158 valence electrons. The fraction of sp³-hybridized carbons (Fsp3) is 0.368. The molecule has 2 N–H and O–H groups in total. The number of hydrogen-bond donors (Lipinski definition) is 2. The van der Waals surface area contributed by atoms with E-state index >= 15 is 0 Å². The van der Waals surface area contributed by atoms with E-state index in [4.69, 9.17) is 9.84 Å². The summed E-state index contributed by atoms with van der Waals surface area (Å²) in [7, 11) is -3.28. The molecule has 0 bridgehead atoms. The summed E-state index contributed by atoms with van der Waals surface area (Å²) < 4.78 is 31.0. The zero-order valence-electron chi connectivity index (χ0n) is 16.2. The van der Waals surface area contributed by atoms with Crippen molar-refractivity contribution in [3.05, 3.63) is 36.8 Å². The summed E-state index contributed by atoms with van der Waals surface area (Å²) in [5.41, 5.74) is 1.22. The molecule has 2 aromatic heterocycles. The molecule has 1 aromatic carbocycles. The largest absolute Gasteiger partial charge is 0.474 e. The lowest BCUT2D eigenvalue weighted by Gasteiger charge is -2.28. The van der Waals surface area contributed by atoms with Crippen LogP contribution in [0.25, 0.3) is 16.7 Å². The van der Waals surface area contributed by atoms with Gasteiger partial charge in [-0.2, -0.15) is 5.10 Å². The molecule has 1 aliphatic rings. The molecular weight excluding hydrogens is 410 g/mol. The third-order valence-corrected chi connectivity index (χ3v) is 6.25. The van der Waals surface area contributed by atoms with Gasteiger partial charge in [0.25, 0.3) is 0 Å². The second-order valence-electron chi connectivity index (χ2n) is 7.28. The highest BCUT2D eigenvalue weighted by molar-refractivity contribution is 7.90. The maximum atomic E-state index is 11.7. The lowest BCUT2D eigenvalue weighted by Crippen LogP contribution is -2.39. The van der Waals surface area contributed by atoms with Gasteiger partial charge in [-0.25, -0.2) is 27.9 Å². The van der Waals surface area contributed by atoms with E-state index in [1.165, 1.54) is 18.5 Å². The Balaban J connectivity index is 1.53. The topological polar surface area (TPSA) is 136 Å². The molecule has 0 unspecified atom stereocenters. The van der Waals surface area contributed by atoms with Crippen molar-refractivity contribution in [3.63, 3.8) is 0 Å². The Morgan fingerprint density at radius 2 is 1.87 bits per heavy atom. The minimum atomic E-state index is -3.28. The lowest BCUT2D eigenvalue weighted by molar-refractivity contribution is 0.131. The molecule has 0 atom stereocenters. The first-order valence-corrected chi connectivity index (χ1v) is 11.4. The highest BCUT2D eigenvalue weighted by Crippen LogP contribution is 2.28. The molecule has 0 saturated heterocycles. The van der Waals surface area contributed by atoms with Crippen molar-refractivity contribution in [3.8, 4) is 11.6 Å². The molecule has 1 aliphatic carbocycles. The maximum Gasteiger partial charge on any atom is 0.404 e. The third-order valence-electron chi connectivity index (χ3n) is 5.12. The van der Waals surface area contributed by atoms with E-state index in [-0.39, 0.29) is 17.0 Å². The summed E-state index contributed by atoms with van der Waals surface area (Å²) in [4.78, 5) is 19.6. The predicted octanol–water partition coefficient (Wildman–Crippen LogP) is 2.18. The van der Waals surface area contributed by atoms with E-state index in [1.54, 1.807) is 23.0 Å². The van der Waals surface area contributed by atoms with Crippen molar-refractivity contribution in [2.75, 3.05) is 6.26 Å². The number of benzene rings is 1. The van der Waals surface area contributed by atoms with Crippen molar-refractivity contribution < 1.29 is 23.1 Å². The number of hydrogen-bond acceptors (Lipinski definition) is 7. The number of nitrogens with zero attached hydrogens (tertiary/aromatic N) is 4. The van der Waals surface area contributed by atoms with Crippen molar-refractivity contribution >= 4 is 27.0 Å². The first-order valence-electron chi connectivity index (χ1n) is 9.46. The third kappa shape index (κ3) is 4.20. The van der Waals surface area contributed by atoms with Crippen LogP contribution in [0.2, 0.25) is 0 Å². The average molecular weight is 431 g/mol. The molecule has 4 rings (SSSR count). The van der Waals surface area contributed by atoms with Gasteiger partial charge in [-0.05, 0) is 49.9 Å². The molecule has 1 saturated carbocycles. The summed E-state index contributed by atoms with van der Waals surface area (Å²) in [5.74, 6) is 0.425. The molecular formula is C19H21N5O5S. The van der Waals surface area contributed by atoms with Crippen LogP contribution in [-0.2, 0) is 9.84 Å². The standard InChI is InChI=1S/C19H21N5O5S/c1-30(27,28)15-8-4-13(5-9-15)24-17-16(10-22-24)18(21-11-20-17)29-14-6-2-12(3-7-14)23-19(25)26/h4-5,8-12,14,23H,2-3,6-7H2,1H3,(H,25,26). The molecule has 10 nitrogen and oxygen atoms in total. The van der Waals surface area contributed by atoms with Gasteiger partial charge in [-0.3, -0.25) is 0 Å². The van der Waals surface area contributed by atoms with E-state index in [0.29, 0.717) is 35.4 Å². The highest BCUT2D eigenvalue weighted by Gasteiger charge is 2.25. The van der Waals surface area contributed by atoms with E-state index in [2.05, 4.69) is 20.4 Å². The van der Waals surface area contributed by atoms with E-state index in [1.807, 2.05) is 0 Å². The van der Waals surface area contributed by atoms with Crippen molar-refractivity contribution in [1.82, 2.24) is 25.1 Å². The quantitative estimate of drug-likeness (QED) is 0.627. The number of aromatic nitrogens is 4. The van der Waals surface area contributed by atoms with Crippen LogP contribution in [0, 0.1) is 0 Å². The van der Waals surface area contributed by atoms with Crippen LogP contribution in [-0.4, -0.2) is 57.8 Å². The van der Waals surface area contributed by atoms with Gasteiger partial charge in [0, 0.05) is 12.3 Å². The Labute approximate surface area is 172 Å². The molecule has 0 radical (unpaired) electrons. The first kappa shape index (κ1) is 20.1. The number of carbonyl (C=O) groups is 1. The summed E-state index contributed by atoms with van der Waals surface area (Å²) >= 11 is 0. The van der Waals surface area contributed by atoms with Crippen molar-refractivity contribution in [2.45, 2.75) is 42.7 Å².